The van der Waals surface area contributed by atoms with Crippen molar-refractivity contribution in [2.24, 2.45) is 0 Å². The average molecular weight is 474 g/mol. The maximum atomic E-state index is 12.0. The molecular weight excluding hydrogens is 450 g/mol. The van der Waals surface area contributed by atoms with Gasteiger partial charge in [0.05, 0.1) is 23.9 Å². The molecule has 0 unspecified atom stereocenters. The van der Waals surface area contributed by atoms with Gasteiger partial charge in [0.1, 0.15) is 18.1 Å². The lowest BCUT2D eigenvalue weighted by Crippen LogP contribution is -2.07. The van der Waals surface area contributed by atoms with E-state index < -0.39 is 5.97 Å². The topological polar surface area (TPSA) is 60.7 Å². The number of aromatic nitrogens is 1. The molecule has 5 nitrogen and oxygen atoms in total. The fraction of sp³-hybridized carbons (Fsp3) is 0.0645. The van der Waals surface area contributed by atoms with Crippen molar-refractivity contribution < 1.29 is 19.4 Å². The number of ether oxygens (including phenoxy) is 2. The lowest BCUT2D eigenvalue weighted by atomic mass is 10.1. The van der Waals surface area contributed by atoms with Crippen LogP contribution in [-0.4, -0.2) is 22.8 Å². The van der Waals surface area contributed by atoms with Crippen LogP contribution in [0, 0.1) is 11.8 Å². The van der Waals surface area contributed by atoms with Gasteiger partial charge in [-0.3, -0.25) is 0 Å². The molecule has 0 saturated carbocycles. The SMILES string of the molecule is COc1ccc(OCc2ccc(C#Cc3cccc(C(=O)O)c3-n3ccc4ccccc43)cc2)cc1. The summed E-state index contributed by atoms with van der Waals surface area (Å²) in [7, 11) is 1.63. The normalized spacial score (nSPS) is 10.5. The molecule has 0 radical (unpaired) electrons. The minimum atomic E-state index is -0.993. The molecule has 0 spiro atoms. The van der Waals surface area contributed by atoms with Gasteiger partial charge in [-0.05, 0) is 71.6 Å². The van der Waals surface area contributed by atoms with Gasteiger partial charge >= 0.3 is 5.97 Å². The van der Waals surface area contributed by atoms with E-state index in [1.165, 1.54) is 0 Å². The summed E-state index contributed by atoms with van der Waals surface area (Å²) in [6.07, 6.45) is 1.88. The van der Waals surface area contributed by atoms with Crippen LogP contribution in [0.5, 0.6) is 11.5 Å². The van der Waals surface area contributed by atoms with Crippen LogP contribution in [0.1, 0.15) is 27.0 Å². The summed E-state index contributed by atoms with van der Waals surface area (Å²) >= 11 is 0. The van der Waals surface area contributed by atoms with E-state index in [-0.39, 0.29) is 5.56 Å². The third-order valence-electron chi connectivity index (χ3n) is 5.87. The molecule has 0 saturated heterocycles. The van der Waals surface area contributed by atoms with Crippen molar-refractivity contribution in [2.45, 2.75) is 6.61 Å². The molecule has 0 fully saturated rings. The first-order chi connectivity index (χ1) is 17.6. The van der Waals surface area contributed by atoms with Crippen LogP contribution in [0.2, 0.25) is 0 Å². The summed E-state index contributed by atoms with van der Waals surface area (Å²) in [6.45, 7) is 0.436. The van der Waals surface area contributed by atoms with Crippen molar-refractivity contribution in [1.29, 1.82) is 0 Å². The molecule has 176 valence electrons. The third-order valence-corrected chi connectivity index (χ3v) is 5.87. The predicted octanol–water partition coefficient (Wildman–Crippen LogP) is 6.32. The molecule has 1 heterocycles. The highest BCUT2D eigenvalue weighted by atomic mass is 16.5. The third kappa shape index (κ3) is 4.79. The van der Waals surface area contributed by atoms with Crippen LogP contribution < -0.4 is 9.47 Å². The van der Waals surface area contributed by atoms with Crippen LogP contribution in [-0.2, 0) is 6.61 Å². The summed E-state index contributed by atoms with van der Waals surface area (Å²) in [5, 5.41) is 10.9. The van der Waals surface area contributed by atoms with Gasteiger partial charge in [-0.2, -0.15) is 0 Å². The summed E-state index contributed by atoms with van der Waals surface area (Å²) in [5.74, 6) is 6.93. The van der Waals surface area contributed by atoms with E-state index in [2.05, 4.69) is 11.8 Å². The highest BCUT2D eigenvalue weighted by molar-refractivity contribution is 5.95. The highest BCUT2D eigenvalue weighted by Crippen LogP contribution is 2.26. The minimum Gasteiger partial charge on any atom is -0.497 e. The summed E-state index contributed by atoms with van der Waals surface area (Å²) in [4.78, 5) is 12.0. The molecule has 1 aromatic heterocycles. The Balaban J connectivity index is 1.40. The standard InChI is InChI=1S/C31H23NO4/c1-35-26-15-17-27(18-16-26)36-21-23-11-9-22(10-12-23)13-14-25-6-4-7-28(31(33)34)30(25)32-20-19-24-5-2-3-8-29(24)32/h2-12,15-20H,21H2,1H3,(H,33,34). The number of methoxy groups -OCH3 is 1. The van der Waals surface area contributed by atoms with Gasteiger partial charge in [-0.25, -0.2) is 4.79 Å². The molecule has 1 N–H and O–H groups in total. The number of rotatable bonds is 6. The molecule has 0 amide bonds. The number of fused-ring (bicyclic) bond motifs is 1. The number of carbonyl (C=O) groups is 1. The average Bonchev–Trinajstić information content (AvgIpc) is 3.35. The van der Waals surface area contributed by atoms with E-state index in [9.17, 15) is 9.90 Å². The molecular formula is C31H23NO4. The van der Waals surface area contributed by atoms with Gasteiger partial charge in [-0.15, -0.1) is 0 Å². The van der Waals surface area contributed by atoms with Crippen molar-refractivity contribution in [3.63, 3.8) is 0 Å². The second kappa shape index (κ2) is 10.1. The Labute approximate surface area is 209 Å². The van der Waals surface area contributed by atoms with Crippen LogP contribution in [0.3, 0.4) is 0 Å². The second-order valence-electron chi connectivity index (χ2n) is 8.16. The quantitative estimate of drug-likeness (QED) is 0.293. The molecule has 0 aliphatic heterocycles. The van der Waals surface area contributed by atoms with Gasteiger partial charge < -0.3 is 19.1 Å². The molecule has 0 aliphatic rings. The molecule has 5 rings (SSSR count). The lowest BCUT2D eigenvalue weighted by Gasteiger charge is -2.12. The number of hydrogen-bond acceptors (Lipinski definition) is 3. The van der Waals surface area contributed by atoms with Gasteiger partial charge in [0.25, 0.3) is 0 Å². The number of benzene rings is 4. The largest absolute Gasteiger partial charge is 0.497 e. The zero-order chi connectivity index (χ0) is 24.9. The van der Waals surface area contributed by atoms with E-state index in [1.54, 1.807) is 19.2 Å². The van der Waals surface area contributed by atoms with E-state index in [4.69, 9.17) is 9.47 Å². The number of para-hydroxylation sites is 2. The van der Waals surface area contributed by atoms with E-state index >= 15 is 0 Å². The zero-order valence-electron chi connectivity index (χ0n) is 19.6. The smallest absolute Gasteiger partial charge is 0.337 e. The van der Waals surface area contributed by atoms with E-state index in [0.29, 0.717) is 17.9 Å². The van der Waals surface area contributed by atoms with Crippen molar-refractivity contribution in [3.8, 4) is 29.0 Å². The summed E-state index contributed by atoms with van der Waals surface area (Å²) in [6, 6.07) is 30.3. The molecule has 0 aliphatic carbocycles. The maximum Gasteiger partial charge on any atom is 0.337 e. The number of hydrogen-bond donors (Lipinski definition) is 1. The van der Waals surface area contributed by atoms with Crippen molar-refractivity contribution in [3.05, 3.63) is 126 Å². The Kier molecular flexibility index (Phi) is 6.42. The Hall–Kier alpha value is -4.95. The fourth-order valence-corrected chi connectivity index (χ4v) is 4.02. The lowest BCUT2D eigenvalue weighted by molar-refractivity contribution is 0.0697. The van der Waals surface area contributed by atoms with Crippen LogP contribution >= 0.6 is 0 Å². The first kappa shape index (κ1) is 22.8. The molecule has 5 aromatic rings. The highest BCUT2D eigenvalue weighted by Gasteiger charge is 2.16. The Morgan fingerprint density at radius 1 is 0.833 bits per heavy atom. The zero-order valence-corrected chi connectivity index (χ0v) is 19.6. The fourth-order valence-electron chi connectivity index (χ4n) is 4.02. The number of carboxylic acid groups (broad SMARTS) is 1. The Morgan fingerprint density at radius 3 is 2.33 bits per heavy atom. The summed E-state index contributed by atoms with van der Waals surface area (Å²) < 4.78 is 12.9. The van der Waals surface area contributed by atoms with Gasteiger partial charge in [0.15, 0.2) is 0 Å². The Bertz CT molecular complexity index is 1590. The minimum absolute atomic E-state index is 0.203. The second-order valence-corrected chi connectivity index (χ2v) is 8.16. The first-order valence-corrected chi connectivity index (χ1v) is 11.4. The number of aromatic carboxylic acids is 1. The van der Waals surface area contributed by atoms with Crippen LogP contribution in [0.25, 0.3) is 16.6 Å². The maximum absolute atomic E-state index is 12.0. The van der Waals surface area contributed by atoms with Gasteiger partial charge in [0, 0.05) is 17.3 Å². The monoisotopic (exact) mass is 473 g/mol. The number of carboxylic acids is 1. The molecule has 5 heteroatoms. The molecule has 0 atom stereocenters. The van der Waals surface area contributed by atoms with Crippen LogP contribution in [0.4, 0.5) is 0 Å². The summed E-state index contributed by atoms with van der Waals surface area (Å²) in [5.41, 5.74) is 4.17. The van der Waals surface area contributed by atoms with E-state index in [0.717, 1.165) is 33.5 Å². The van der Waals surface area contributed by atoms with Gasteiger partial charge in [0.2, 0.25) is 0 Å². The van der Waals surface area contributed by atoms with E-state index in [1.807, 2.05) is 95.7 Å². The molecule has 4 aromatic carbocycles. The first-order valence-electron chi connectivity index (χ1n) is 11.4. The van der Waals surface area contributed by atoms with Crippen molar-refractivity contribution in [2.75, 3.05) is 7.11 Å². The Morgan fingerprint density at radius 2 is 1.58 bits per heavy atom. The molecule has 0 bridgehead atoms. The molecule has 36 heavy (non-hydrogen) atoms. The number of nitrogens with zero attached hydrogens (tertiary/aromatic N) is 1. The predicted molar refractivity (Wildman–Crippen MR) is 140 cm³/mol. The van der Waals surface area contributed by atoms with Gasteiger partial charge in [-0.1, -0.05) is 48.2 Å². The van der Waals surface area contributed by atoms with Crippen molar-refractivity contribution in [1.82, 2.24) is 4.57 Å². The van der Waals surface area contributed by atoms with Crippen LogP contribution in [0.15, 0.2) is 103 Å². The van der Waals surface area contributed by atoms with Crippen molar-refractivity contribution >= 4 is 16.9 Å².